The number of rotatable bonds is 5. The second-order valence-electron chi connectivity index (χ2n) is 6.28. The Labute approximate surface area is 153 Å². The zero-order valence-corrected chi connectivity index (χ0v) is 15.3. The second-order valence-corrected chi connectivity index (χ2v) is 8.51. The van der Waals surface area contributed by atoms with Crippen molar-refractivity contribution < 1.29 is 13.2 Å². The number of nitrogens with one attached hydrogen (secondary N) is 1. The highest BCUT2D eigenvalue weighted by Gasteiger charge is 2.32. The minimum absolute atomic E-state index is 0.112. The third-order valence-corrected chi connectivity index (χ3v) is 5.89. The maximum atomic E-state index is 11.9. The van der Waals surface area contributed by atoms with Crippen LogP contribution in [0.5, 0.6) is 0 Å². The molecule has 3 rings (SSSR count). The molecule has 6 nitrogen and oxygen atoms in total. The summed E-state index contributed by atoms with van der Waals surface area (Å²) in [5.41, 5.74) is 2.44. The van der Waals surface area contributed by atoms with Crippen molar-refractivity contribution in [1.29, 1.82) is 0 Å². The molecule has 1 N–H and O–H groups in total. The van der Waals surface area contributed by atoms with Crippen LogP contribution in [-0.4, -0.2) is 38.1 Å². The first-order valence-electron chi connectivity index (χ1n) is 8.39. The highest BCUT2D eigenvalue weighted by Crippen LogP contribution is 2.24. The molecule has 7 heteroatoms. The summed E-state index contributed by atoms with van der Waals surface area (Å²) in [4.78, 5) is 11.1. The number of carbonyl (C=O) groups excluding carboxylic acids is 1. The topological polar surface area (TPSA) is 78.8 Å². The Bertz CT molecular complexity index is 893. The third-order valence-electron chi connectivity index (χ3n) is 4.14. The SMILES string of the molecule is CC(=O)Nc1ccc(C=NN(c2ccccc2)C2CCS(=O)(=O)C2)cc1. The van der Waals surface area contributed by atoms with Crippen molar-refractivity contribution in [3.05, 3.63) is 60.2 Å². The van der Waals surface area contributed by atoms with Gasteiger partial charge in [0.25, 0.3) is 0 Å². The van der Waals surface area contributed by atoms with Gasteiger partial charge in [-0.3, -0.25) is 9.80 Å². The molecule has 0 aromatic heterocycles. The quantitative estimate of drug-likeness (QED) is 0.647. The monoisotopic (exact) mass is 371 g/mol. The molecule has 1 amide bonds. The fourth-order valence-corrected chi connectivity index (χ4v) is 4.60. The molecule has 1 aliphatic heterocycles. The summed E-state index contributed by atoms with van der Waals surface area (Å²) in [6.07, 6.45) is 2.27. The molecule has 2 aromatic carbocycles. The van der Waals surface area contributed by atoms with Crippen molar-refractivity contribution in [3.63, 3.8) is 0 Å². The highest BCUT2D eigenvalue weighted by molar-refractivity contribution is 7.91. The average Bonchev–Trinajstić information content (AvgIpc) is 2.97. The zero-order chi connectivity index (χ0) is 18.6. The van der Waals surface area contributed by atoms with Gasteiger partial charge in [0.2, 0.25) is 5.91 Å². The molecule has 1 saturated heterocycles. The van der Waals surface area contributed by atoms with E-state index in [9.17, 15) is 13.2 Å². The highest BCUT2D eigenvalue weighted by atomic mass is 32.2. The van der Waals surface area contributed by atoms with Crippen molar-refractivity contribution in [2.24, 2.45) is 5.10 Å². The summed E-state index contributed by atoms with van der Waals surface area (Å²) < 4.78 is 23.7. The second kappa shape index (κ2) is 7.70. The molecule has 0 saturated carbocycles. The van der Waals surface area contributed by atoms with Gasteiger partial charge in [-0.1, -0.05) is 30.3 Å². The van der Waals surface area contributed by atoms with Crippen molar-refractivity contribution in [1.82, 2.24) is 0 Å². The Morgan fingerprint density at radius 3 is 2.42 bits per heavy atom. The van der Waals surface area contributed by atoms with Crippen LogP contribution in [0.1, 0.15) is 18.9 Å². The molecule has 1 aliphatic rings. The maximum Gasteiger partial charge on any atom is 0.221 e. The van der Waals surface area contributed by atoms with Gasteiger partial charge in [-0.05, 0) is 36.2 Å². The number of amides is 1. The van der Waals surface area contributed by atoms with Gasteiger partial charge in [0.15, 0.2) is 9.84 Å². The first kappa shape index (κ1) is 18.1. The minimum Gasteiger partial charge on any atom is -0.326 e. The molecule has 0 radical (unpaired) electrons. The lowest BCUT2D eigenvalue weighted by Gasteiger charge is -2.25. The van der Waals surface area contributed by atoms with Gasteiger partial charge in [0.1, 0.15) is 0 Å². The number of hydrogen-bond acceptors (Lipinski definition) is 5. The third kappa shape index (κ3) is 4.70. The van der Waals surface area contributed by atoms with E-state index in [0.717, 1.165) is 16.9 Å². The Morgan fingerprint density at radius 1 is 1.15 bits per heavy atom. The first-order chi connectivity index (χ1) is 12.4. The van der Waals surface area contributed by atoms with Crippen LogP contribution in [0.2, 0.25) is 0 Å². The van der Waals surface area contributed by atoms with E-state index >= 15 is 0 Å². The summed E-state index contributed by atoms with van der Waals surface area (Å²) in [5, 5.41) is 9.06. The number of hydrogen-bond donors (Lipinski definition) is 1. The maximum absolute atomic E-state index is 11.9. The standard InChI is InChI=1S/C19H21N3O3S/c1-15(23)21-17-9-7-16(8-10-17)13-20-22(18-5-3-2-4-6-18)19-11-12-26(24,25)14-19/h2-10,13,19H,11-12,14H2,1H3,(H,21,23). The lowest BCUT2D eigenvalue weighted by atomic mass is 10.2. The van der Waals surface area contributed by atoms with E-state index < -0.39 is 9.84 Å². The number of anilines is 2. The Hall–Kier alpha value is -2.67. The van der Waals surface area contributed by atoms with E-state index in [1.54, 1.807) is 23.4 Å². The summed E-state index contributed by atoms with van der Waals surface area (Å²) in [6.45, 7) is 1.46. The van der Waals surface area contributed by atoms with Gasteiger partial charge in [-0.25, -0.2) is 8.42 Å². The number of carbonyl (C=O) groups is 1. The van der Waals surface area contributed by atoms with E-state index in [4.69, 9.17) is 0 Å². The van der Waals surface area contributed by atoms with E-state index in [-0.39, 0.29) is 23.5 Å². The van der Waals surface area contributed by atoms with Gasteiger partial charge >= 0.3 is 0 Å². The van der Waals surface area contributed by atoms with E-state index in [1.807, 2.05) is 42.5 Å². The van der Waals surface area contributed by atoms with Gasteiger partial charge in [0.05, 0.1) is 29.4 Å². The number of para-hydroxylation sites is 1. The van der Waals surface area contributed by atoms with Crippen LogP contribution in [0, 0.1) is 0 Å². The number of nitrogens with zero attached hydrogens (tertiary/aromatic N) is 2. The van der Waals surface area contributed by atoms with Crippen LogP contribution in [0.3, 0.4) is 0 Å². The van der Waals surface area contributed by atoms with Gasteiger partial charge in [0, 0.05) is 12.6 Å². The van der Waals surface area contributed by atoms with Crippen LogP contribution in [0.25, 0.3) is 0 Å². The minimum atomic E-state index is -3.00. The number of hydrazone groups is 1. The van der Waals surface area contributed by atoms with Crippen molar-refractivity contribution in [2.45, 2.75) is 19.4 Å². The molecule has 1 fully saturated rings. The van der Waals surface area contributed by atoms with E-state index in [1.165, 1.54) is 6.92 Å². The fraction of sp³-hybridized carbons (Fsp3) is 0.263. The van der Waals surface area contributed by atoms with Crippen molar-refractivity contribution >= 4 is 33.3 Å². The van der Waals surface area contributed by atoms with Crippen molar-refractivity contribution in [3.8, 4) is 0 Å². The largest absolute Gasteiger partial charge is 0.326 e. The van der Waals surface area contributed by atoms with Gasteiger partial charge in [-0.15, -0.1) is 0 Å². The van der Waals surface area contributed by atoms with Crippen LogP contribution < -0.4 is 10.3 Å². The summed E-state index contributed by atoms with van der Waals surface area (Å²) in [7, 11) is -3.00. The Kier molecular flexibility index (Phi) is 5.37. The lowest BCUT2D eigenvalue weighted by Crippen LogP contribution is -2.31. The van der Waals surface area contributed by atoms with Crippen LogP contribution in [0.15, 0.2) is 59.7 Å². The molecule has 1 unspecified atom stereocenters. The molecule has 1 heterocycles. The molecule has 0 bridgehead atoms. The number of benzene rings is 2. The fourth-order valence-electron chi connectivity index (χ4n) is 2.91. The molecule has 0 aliphatic carbocycles. The molecule has 26 heavy (non-hydrogen) atoms. The predicted molar refractivity (Wildman–Crippen MR) is 104 cm³/mol. The predicted octanol–water partition coefficient (Wildman–Crippen LogP) is 2.67. The smallest absolute Gasteiger partial charge is 0.221 e. The first-order valence-corrected chi connectivity index (χ1v) is 10.2. The Morgan fingerprint density at radius 2 is 1.85 bits per heavy atom. The number of sulfone groups is 1. The summed E-state index contributed by atoms with van der Waals surface area (Å²) >= 11 is 0. The van der Waals surface area contributed by atoms with Crippen LogP contribution >= 0.6 is 0 Å². The molecular weight excluding hydrogens is 350 g/mol. The lowest BCUT2D eigenvalue weighted by molar-refractivity contribution is -0.114. The Balaban J connectivity index is 1.81. The molecular formula is C19H21N3O3S. The normalized spacial score (nSPS) is 18.7. The molecule has 136 valence electrons. The van der Waals surface area contributed by atoms with Gasteiger partial charge < -0.3 is 5.32 Å². The van der Waals surface area contributed by atoms with E-state index in [0.29, 0.717) is 6.42 Å². The zero-order valence-electron chi connectivity index (χ0n) is 14.5. The van der Waals surface area contributed by atoms with E-state index in [2.05, 4.69) is 10.4 Å². The van der Waals surface area contributed by atoms with Gasteiger partial charge in [-0.2, -0.15) is 5.10 Å². The van der Waals surface area contributed by atoms with Crippen molar-refractivity contribution in [2.75, 3.05) is 21.8 Å². The van der Waals surface area contributed by atoms with Crippen LogP contribution in [-0.2, 0) is 14.6 Å². The molecule has 0 spiro atoms. The average molecular weight is 371 g/mol. The van der Waals surface area contributed by atoms with Crippen LogP contribution in [0.4, 0.5) is 11.4 Å². The summed E-state index contributed by atoms with van der Waals surface area (Å²) in [5.74, 6) is 0.187. The molecule has 2 aromatic rings. The molecule has 1 atom stereocenters. The summed E-state index contributed by atoms with van der Waals surface area (Å²) in [6, 6.07) is 16.7.